The quantitative estimate of drug-likeness (QED) is 0.0456. The van der Waals surface area contributed by atoms with Crippen LogP contribution < -0.4 is 37.2 Å². The zero-order valence-corrected chi connectivity index (χ0v) is 41.2. The van der Waals surface area contributed by atoms with Crippen LogP contribution in [0.1, 0.15) is 0 Å². The van der Waals surface area contributed by atoms with Crippen molar-refractivity contribution >= 4 is 142 Å². The minimum atomic E-state index is 0.349. The summed E-state index contributed by atoms with van der Waals surface area (Å²) >= 11 is 6.63. The molecule has 15 heteroatoms. The van der Waals surface area contributed by atoms with Crippen molar-refractivity contribution in [1.29, 1.82) is 0 Å². The topological polar surface area (TPSA) is 174 Å². The summed E-state index contributed by atoms with van der Waals surface area (Å²) in [5.41, 5.74) is 6.54. The second kappa shape index (κ2) is 21.3. The van der Waals surface area contributed by atoms with Crippen molar-refractivity contribution in [3.8, 4) is 0 Å². The zero-order valence-electron chi connectivity index (χ0n) is 40.4. The first kappa shape index (κ1) is 46.6. The minimum absolute atomic E-state index is 0.349. The molecule has 0 amide bonds. The van der Waals surface area contributed by atoms with E-state index in [0.29, 0.717) is 46.4 Å². The highest BCUT2D eigenvalue weighted by molar-refractivity contribution is 6.39. The molecule has 12 rings (SSSR count). The van der Waals surface area contributed by atoms with Crippen molar-refractivity contribution in [2.24, 2.45) is 4.99 Å². The number of aromatic nitrogens is 6. The Labute approximate surface area is 441 Å². The molecule has 0 spiro atoms. The van der Waals surface area contributed by atoms with Crippen LogP contribution in [0, 0.1) is 0 Å². The van der Waals surface area contributed by atoms with Gasteiger partial charge >= 0.3 is 0 Å². The Balaban J connectivity index is 0.718. The second-order valence-electron chi connectivity index (χ2n) is 17.5. The van der Waals surface area contributed by atoms with Gasteiger partial charge in [-0.25, -0.2) is 0 Å². The molecule has 0 saturated heterocycles. The van der Waals surface area contributed by atoms with Crippen LogP contribution >= 0.6 is 11.6 Å². The fraction of sp³-hybridized carbons (Fsp3) is 0. The monoisotopic (exact) mass is 1010 g/mol. The third-order valence-corrected chi connectivity index (χ3v) is 12.6. The molecule has 2 aromatic heterocycles. The Hall–Kier alpha value is -10.4. The fourth-order valence-electron chi connectivity index (χ4n) is 8.77. The molecular weight excluding hydrogens is 964 g/mol. The van der Waals surface area contributed by atoms with Gasteiger partial charge in [-0.1, -0.05) is 157 Å². The molecule has 0 aliphatic rings. The molecular formula is C61H45ClN14. The summed E-state index contributed by atoms with van der Waals surface area (Å²) in [6, 6.07) is 72.3. The van der Waals surface area contributed by atoms with Gasteiger partial charge in [-0.2, -0.15) is 29.9 Å². The predicted molar refractivity (Wildman–Crippen MR) is 314 cm³/mol. The number of hydrogen-bond donors (Lipinski definition) is 7. The number of benzene rings is 10. The van der Waals surface area contributed by atoms with Gasteiger partial charge in [0.1, 0.15) is 0 Å². The van der Waals surface area contributed by atoms with Crippen molar-refractivity contribution in [3.63, 3.8) is 0 Å². The van der Waals surface area contributed by atoms with Gasteiger partial charge < -0.3 is 37.2 Å². The third-order valence-electron chi connectivity index (χ3n) is 12.4. The number of anilines is 13. The summed E-state index contributed by atoms with van der Waals surface area (Å²) in [6.07, 6.45) is 3.27. The molecule has 14 nitrogen and oxygen atoms in total. The molecule has 12 aromatic rings. The maximum Gasteiger partial charge on any atom is 0.233 e. The smallest absolute Gasteiger partial charge is 0.233 e. The zero-order chi connectivity index (χ0) is 51.0. The SMILES string of the molecule is Cl/C(C=Nc1ccc(Nc2nc(Nc3cccc4ccccc34)nc(Nc3cccc4ccccc34)n2)cc1)=C\Nc1ccc(Nc2nc(Nc3cccc4ccccc34)nc(Nc3cccc4ccccc34)n2)cc1. The summed E-state index contributed by atoms with van der Waals surface area (Å²) in [4.78, 5) is 33.3. The molecule has 0 unspecified atom stereocenters. The van der Waals surface area contributed by atoms with Gasteiger partial charge in [0.25, 0.3) is 0 Å². The standard InChI is InChI=1S/C61H45ClN14/c62-43(37-63-44-29-33-46(34-30-44)65-56-71-58(67-52-25-9-17-39-13-1-5-21-48(39)52)75-59(72-56)68-53-26-10-18-40-14-2-6-22-49(40)53)38-64-45-31-35-47(36-32-45)66-57-73-60(69-54-27-11-19-41-15-3-7-23-50(41)54)76-61(74-57)70-55-28-12-20-42-16-4-8-24-51(42)55/h1-38,63H,(H3,65,67,68,71,72,75)(H3,66,69,70,73,74,76)/b43-37-,64-38?. The van der Waals surface area contributed by atoms with Gasteiger partial charge in [0.05, 0.1) is 10.7 Å². The number of rotatable bonds is 16. The van der Waals surface area contributed by atoms with Crippen LogP contribution in [0.15, 0.2) is 235 Å². The number of aliphatic imine (C=N–C) groups is 1. The molecule has 0 bridgehead atoms. The largest absolute Gasteiger partial charge is 0.360 e. The molecule has 76 heavy (non-hydrogen) atoms. The minimum Gasteiger partial charge on any atom is -0.360 e. The van der Waals surface area contributed by atoms with Crippen molar-refractivity contribution < 1.29 is 0 Å². The number of nitrogens with zero attached hydrogens (tertiary/aromatic N) is 7. The van der Waals surface area contributed by atoms with Crippen LogP contribution in [-0.2, 0) is 0 Å². The first-order valence-electron chi connectivity index (χ1n) is 24.4. The Bertz CT molecular complexity index is 3910. The maximum atomic E-state index is 6.63. The van der Waals surface area contributed by atoms with E-state index in [1.807, 2.05) is 146 Å². The van der Waals surface area contributed by atoms with Gasteiger partial charge in [-0.05, 0) is 94.3 Å². The molecule has 0 aliphatic heterocycles. The molecule has 2 heterocycles. The lowest BCUT2D eigenvalue weighted by Crippen LogP contribution is -2.07. The Morgan fingerprint density at radius 3 is 0.961 bits per heavy atom. The number of allylic oxidation sites excluding steroid dienone is 1. The first-order valence-corrected chi connectivity index (χ1v) is 24.8. The molecule has 10 aromatic carbocycles. The Morgan fingerprint density at radius 1 is 0.316 bits per heavy atom. The van der Waals surface area contributed by atoms with E-state index in [9.17, 15) is 0 Å². The molecule has 0 aliphatic carbocycles. The number of nitrogens with one attached hydrogen (secondary N) is 7. The van der Waals surface area contributed by atoms with Gasteiger partial charge in [0.15, 0.2) is 0 Å². The normalized spacial score (nSPS) is 11.5. The number of fused-ring (bicyclic) bond motifs is 4. The van der Waals surface area contributed by atoms with Crippen LogP contribution in [0.3, 0.4) is 0 Å². The number of hydrogen-bond acceptors (Lipinski definition) is 14. The molecule has 7 N–H and O–H groups in total. The van der Waals surface area contributed by atoms with E-state index in [1.165, 1.54) is 0 Å². The highest BCUT2D eigenvalue weighted by Crippen LogP contribution is 2.32. The highest BCUT2D eigenvalue weighted by atomic mass is 35.5. The predicted octanol–water partition coefficient (Wildman–Crippen LogP) is 16.0. The average molecular weight is 1010 g/mol. The van der Waals surface area contributed by atoms with Crippen molar-refractivity contribution in [2.45, 2.75) is 0 Å². The summed E-state index contributed by atoms with van der Waals surface area (Å²) < 4.78 is 0. The van der Waals surface area contributed by atoms with Crippen molar-refractivity contribution in [2.75, 3.05) is 37.2 Å². The Morgan fingerprint density at radius 2 is 0.605 bits per heavy atom. The molecule has 366 valence electrons. The van der Waals surface area contributed by atoms with Crippen LogP contribution in [0.2, 0.25) is 0 Å². The van der Waals surface area contributed by atoms with E-state index in [1.54, 1.807) is 12.4 Å². The van der Waals surface area contributed by atoms with E-state index < -0.39 is 0 Å². The van der Waals surface area contributed by atoms with E-state index >= 15 is 0 Å². The van der Waals surface area contributed by atoms with Crippen LogP contribution in [-0.4, -0.2) is 36.1 Å². The summed E-state index contributed by atoms with van der Waals surface area (Å²) in [7, 11) is 0. The van der Waals surface area contributed by atoms with Gasteiger partial charge in [-0.15, -0.1) is 0 Å². The van der Waals surface area contributed by atoms with E-state index in [-0.39, 0.29) is 0 Å². The van der Waals surface area contributed by atoms with Crippen molar-refractivity contribution in [3.05, 3.63) is 230 Å². The van der Waals surface area contributed by atoms with Crippen LogP contribution in [0.5, 0.6) is 0 Å². The molecule has 0 radical (unpaired) electrons. The fourth-order valence-corrected chi connectivity index (χ4v) is 8.87. The Kier molecular flexibility index (Phi) is 13.1. The molecule has 0 fully saturated rings. The van der Waals surface area contributed by atoms with Crippen molar-refractivity contribution in [1.82, 2.24) is 29.9 Å². The first-order chi connectivity index (χ1) is 37.5. The summed E-state index contributed by atoms with van der Waals surface area (Å²) in [5.74, 6) is 2.21. The average Bonchev–Trinajstić information content (AvgIpc) is 3.46. The molecule has 0 saturated carbocycles. The third kappa shape index (κ3) is 10.8. The lowest BCUT2D eigenvalue weighted by molar-refractivity contribution is 1.06. The van der Waals surface area contributed by atoms with E-state index in [0.717, 1.165) is 82.9 Å². The van der Waals surface area contributed by atoms with Gasteiger partial charge in [0, 0.05) is 73.8 Å². The second-order valence-corrected chi connectivity index (χ2v) is 18.0. The lowest BCUT2D eigenvalue weighted by atomic mass is 10.1. The maximum absolute atomic E-state index is 6.63. The van der Waals surface area contributed by atoms with Crippen LogP contribution in [0.4, 0.5) is 81.2 Å². The summed E-state index contributed by atoms with van der Waals surface area (Å²) in [5, 5.41) is 32.7. The number of halogens is 1. The van der Waals surface area contributed by atoms with E-state index in [4.69, 9.17) is 41.5 Å². The van der Waals surface area contributed by atoms with Gasteiger partial charge in [-0.3, -0.25) is 4.99 Å². The van der Waals surface area contributed by atoms with Gasteiger partial charge in [0.2, 0.25) is 35.7 Å². The lowest BCUT2D eigenvalue weighted by Gasteiger charge is -2.14. The summed E-state index contributed by atoms with van der Waals surface area (Å²) in [6.45, 7) is 0. The van der Waals surface area contributed by atoms with Crippen LogP contribution in [0.25, 0.3) is 43.1 Å². The van der Waals surface area contributed by atoms with E-state index in [2.05, 4.69) is 115 Å². The highest BCUT2D eigenvalue weighted by Gasteiger charge is 2.14. The molecule has 0 atom stereocenters.